The van der Waals surface area contributed by atoms with Crippen LogP contribution in [0.25, 0.3) is 0 Å². The van der Waals surface area contributed by atoms with Gasteiger partial charge in [0, 0.05) is 11.2 Å². The molecule has 0 radical (unpaired) electrons. The molecule has 3 aliphatic rings. The van der Waals surface area contributed by atoms with Crippen molar-refractivity contribution in [2.24, 2.45) is 11.8 Å². The van der Waals surface area contributed by atoms with Crippen LogP contribution in [-0.2, 0) is 20.9 Å². The molecule has 5 rings (SSSR count). The first kappa shape index (κ1) is 16.3. The molecule has 0 aliphatic carbocycles. The second kappa shape index (κ2) is 5.81. The fourth-order valence-corrected chi connectivity index (χ4v) is 4.77. The average Bonchev–Trinajstić information content (AvgIpc) is 3.35. The van der Waals surface area contributed by atoms with E-state index in [-0.39, 0.29) is 34.9 Å². The topological polar surface area (TPSA) is 64.4 Å². The van der Waals surface area contributed by atoms with Gasteiger partial charge in [0.15, 0.2) is 5.82 Å². The second-order valence-corrected chi connectivity index (χ2v) is 7.76. The van der Waals surface area contributed by atoms with Gasteiger partial charge in [-0.2, -0.15) is 5.10 Å². The van der Waals surface area contributed by atoms with Gasteiger partial charge in [-0.3, -0.25) is 14.3 Å². The summed E-state index contributed by atoms with van der Waals surface area (Å²) in [4.78, 5) is 26.9. The van der Waals surface area contributed by atoms with Crippen LogP contribution < -0.4 is 4.90 Å². The minimum absolute atomic E-state index is 0.157. The zero-order valence-electron chi connectivity index (χ0n) is 13.6. The molecule has 0 spiro atoms. The SMILES string of the molecule is O=C1[C@@H]2[C@@H](C(=O)N1c1nn(Cc3ccccc3Cl)cc1Cl)[C@H]1CC[C@H]2O1. The van der Waals surface area contributed by atoms with Crippen molar-refractivity contribution in [3.05, 3.63) is 46.1 Å². The van der Waals surface area contributed by atoms with E-state index in [9.17, 15) is 9.59 Å². The number of carbonyl (C=O) groups is 2. The Morgan fingerprint density at radius 3 is 2.35 bits per heavy atom. The number of benzene rings is 1. The lowest BCUT2D eigenvalue weighted by molar-refractivity contribution is -0.124. The van der Waals surface area contributed by atoms with Crippen LogP contribution in [0.5, 0.6) is 0 Å². The Morgan fingerprint density at radius 2 is 1.69 bits per heavy atom. The van der Waals surface area contributed by atoms with Gasteiger partial charge in [-0.05, 0) is 24.5 Å². The van der Waals surface area contributed by atoms with E-state index in [0.717, 1.165) is 23.3 Å². The lowest BCUT2D eigenvalue weighted by Gasteiger charge is -2.15. The van der Waals surface area contributed by atoms with E-state index in [1.165, 1.54) is 0 Å². The van der Waals surface area contributed by atoms with Crippen molar-refractivity contribution in [1.29, 1.82) is 0 Å². The number of imide groups is 1. The molecule has 4 atom stereocenters. The molecule has 6 nitrogen and oxygen atoms in total. The van der Waals surface area contributed by atoms with Crippen LogP contribution in [0.1, 0.15) is 18.4 Å². The highest BCUT2D eigenvalue weighted by molar-refractivity contribution is 6.35. The van der Waals surface area contributed by atoms with E-state index >= 15 is 0 Å². The number of ether oxygens (including phenoxy) is 1. The lowest BCUT2D eigenvalue weighted by Crippen LogP contribution is -2.34. The zero-order chi connectivity index (χ0) is 18.0. The fourth-order valence-electron chi connectivity index (χ4n) is 4.34. The molecule has 4 heterocycles. The molecule has 26 heavy (non-hydrogen) atoms. The zero-order valence-corrected chi connectivity index (χ0v) is 15.2. The maximum absolute atomic E-state index is 12.9. The monoisotopic (exact) mass is 391 g/mol. The highest BCUT2D eigenvalue weighted by Gasteiger charge is 2.63. The van der Waals surface area contributed by atoms with Crippen LogP contribution in [0.3, 0.4) is 0 Å². The fraction of sp³-hybridized carbons (Fsp3) is 0.389. The van der Waals surface area contributed by atoms with Gasteiger partial charge in [-0.25, -0.2) is 4.90 Å². The molecule has 3 saturated heterocycles. The summed E-state index contributed by atoms with van der Waals surface area (Å²) in [6.45, 7) is 0.400. The van der Waals surface area contributed by atoms with Gasteiger partial charge in [0.1, 0.15) is 5.02 Å². The van der Waals surface area contributed by atoms with Crippen molar-refractivity contribution in [1.82, 2.24) is 9.78 Å². The van der Waals surface area contributed by atoms with Gasteiger partial charge in [0.25, 0.3) is 0 Å². The summed E-state index contributed by atoms with van der Waals surface area (Å²) in [6, 6.07) is 7.43. The minimum Gasteiger partial charge on any atom is -0.373 e. The Balaban J connectivity index is 1.46. The number of anilines is 1. The number of fused-ring (bicyclic) bond motifs is 5. The number of halogens is 2. The summed E-state index contributed by atoms with van der Waals surface area (Å²) in [5, 5.41) is 5.29. The van der Waals surface area contributed by atoms with Crippen molar-refractivity contribution in [2.45, 2.75) is 31.6 Å². The first-order chi connectivity index (χ1) is 12.5. The smallest absolute Gasteiger partial charge is 0.241 e. The van der Waals surface area contributed by atoms with Gasteiger partial charge in [-0.1, -0.05) is 41.4 Å². The Bertz CT molecular complexity index is 900. The number of nitrogens with zero attached hydrogens (tertiary/aromatic N) is 3. The summed E-state index contributed by atoms with van der Waals surface area (Å²) >= 11 is 12.5. The molecule has 134 valence electrons. The van der Waals surface area contributed by atoms with Gasteiger partial charge < -0.3 is 4.74 Å². The molecule has 2 aromatic rings. The predicted octanol–water partition coefficient (Wildman–Crippen LogP) is 2.91. The Morgan fingerprint density at radius 1 is 1.04 bits per heavy atom. The van der Waals surface area contributed by atoms with Crippen LogP contribution in [-0.4, -0.2) is 33.8 Å². The highest BCUT2D eigenvalue weighted by atomic mass is 35.5. The van der Waals surface area contributed by atoms with Gasteiger partial charge >= 0.3 is 0 Å². The molecular weight excluding hydrogens is 377 g/mol. The quantitative estimate of drug-likeness (QED) is 0.754. The molecular formula is C18H15Cl2N3O3. The molecule has 1 aromatic heterocycles. The summed E-state index contributed by atoms with van der Waals surface area (Å²) in [7, 11) is 0. The maximum Gasteiger partial charge on any atom is 0.241 e. The lowest BCUT2D eigenvalue weighted by atomic mass is 9.81. The summed E-state index contributed by atoms with van der Waals surface area (Å²) in [5.41, 5.74) is 0.877. The number of hydrogen-bond donors (Lipinski definition) is 0. The Hall–Kier alpha value is -1.89. The van der Waals surface area contributed by atoms with Crippen molar-refractivity contribution in [3.8, 4) is 0 Å². The van der Waals surface area contributed by atoms with E-state index in [4.69, 9.17) is 27.9 Å². The summed E-state index contributed by atoms with van der Waals surface area (Å²) < 4.78 is 7.35. The molecule has 2 bridgehead atoms. The van der Waals surface area contributed by atoms with E-state index < -0.39 is 11.8 Å². The van der Waals surface area contributed by atoms with Crippen LogP contribution in [0.4, 0.5) is 5.82 Å². The normalized spacial score (nSPS) is 29.7. The highest BCUT2D eigenvalue weighted by Crippen LogP contribution is 2.49. The van der Waals surface area contributed by atoms with E-state index in [0.29, 0.717) is 11.6 Å². The number of hydrogen-bond acceptors (Lipinski definition) is 4. The molecule has 8 heteroatoms. The number of rotatable bonds is 3. The van der Waals surface area contributed by atoms with Crippen molar-refractivity contribution in [2.75, 3.05) is 4.90 Å². The third kappa shape index (κ3) is 2.25. The minimum atomic E-state index is -0.397. The van der Waals surface area contributed by atoms with Crippen LogP contribution in [0, 0.1) is 11.8 Å². The second-order valence-electron chi connectivity index (χ2n) is 6.94. The van der Waals surface area contributed by atoms with Crippen molar-refractivity contribution < 1.29 is 14.3 Å². The predicted molar refractivity (Wildman–Crippen MR) is 95.2 cm³/mol. The van der Waals surface area contributed by atoms with Gasteiger partial charge in [0.05, 0.1) is 30.6 Å². The number of carbonyl (C=O) groups excluding carboxylic acids is 2. The Kier molecular flexibility index (Phi) is 3.64. The molecule has 0 saturated carbocycles. The van der Waals surface area contributed by atoms with Crippen LogP contribution >= 0.6 is 23.2 Å². The molecule has 2 amide bonds. The van der Waals surface area contributed by atoms with Crippen LogP contribution in [0.2, 0.25) is 10.0 Å². The van der Waals surface area contributed by atoms with Crippen LogP contribution in [0.15, 0.2) is 30.5 Å². The summed E-state index contributed by atoms with van der Waals surface area (Å²) in [5.74, 6) is -1.10. The third-order valence-corrected chi connectivity index (χ3v) is 6.12. The van der Waals surface area contributed by atoms with E-state index in [2.05, 4.69) is 5.10 Å². The van der Waals surface area contributed by atoms with Crippen molar-refractivity contribution >= 4 is 40.8 Å². The van der Waals surface area contributed by atoms with Crippen molar-refractivity contribution in [3.63, 3.8) is 0 Å². The maximum atomic E-state index is 12.9. The van der Waals surface area contributed by atoms with E-state index in [1.807, 2.05) is 18.2 Å². The average molecular weight is 392 g/mol. The third-order valence-electron chi connectivity index (χ3n) is 5.49. The van der Waals surface area contributed by atoms with Gasteiger partial charge in [0.2, 0.25) is 11.8 Å². The first-order valence-corrected chi connectivity index (χ1v) is 9.30. The molecule has 0 N–H and O–H groups in total. The number of aromatic nitrogens is 2. The van der Waals surface area contributed by atoms with Gasteiger partial charge in [-0.15, -0.1) is 0 Å². The molecule has 0 unspecified atom stereocenters. The molecule has 3 fully saturated rings. The largest absolute Gasteiger partial charge is 0.373 e. The molecule has 1 aromatic carbocycles. The number of amides is 2. The summed E-state index contributed by atoms with van der Waals surface area (Å²) in [6.07, 6.45) is 2.95. The standard InChI is InChI=1S/C18H15Cl2N3O3/c19-10-4-2-1-3-9(10)7-22-8-11(20)16(21-22)23-17(24)14-12-5-6-13(26-12)15(14)18(23)25/h1-4,8,12-15H,5-7H2/t12-,13-,14+,15+/m1/s1. The molecule has 3 aliphatic heterocycles. The Labute approximate surface area is 159 Å². The first-order valence-electron chi connectivity index (χ1n) is 8.54. The van der Waals surface area contributed by atoms with E-state index in [1.54, 1.807) is 16.9 Å².